The molecular weight excluding hydrogens is 192 g/mol. The molecule has 0 aromatic heterocycles. The number of ketones is 1. The van der Waals surface area contributed by atoms with Crippen LogP contribution < -0.4 is 9.47 Å². The molecule has 3 heteroatoms. The number of Topliss-reactive ketones (excluding diaryl/α,β-unsaturated/α-hetero) is 1. The van der Waals surface area contributed by atoms with Gasteiger partial charge in [-0.3, -0.25) is 4.79 Å². The molecule has 80 valence electrons. The van der Waals surface area contributed by atoms with Gasteiger partial charge >= 0.3 is 0 Å². The molecule has 15 heavy (non-hydrogen) atoms. The Hall–Kier alpha value is -1.51. The van der Waals surface area contributed by atoms with E-state index in [1.165, 1.54) is 0 Å². The monoisotopic (exact) mass is 206 g/mol. The van der Waals surface area contributed by atoms with E-state index in [-0.39, 0.29) is 18.3 Å². The van der Waals surface area contributed by atoms with Crippen molar-refractivity contribution in [3.63, 3.8) is 0 Å². The predicted molar refractivity (Wildman–Crippen MR) is 56.2 cm³/mol. The molecule has 1 fully saturated rings. The van der Waals surface area contributed by atoms with Crippen molar-refractivity contribution in [3.05, 3.63) is 24.3 Å². The Bertz CT molecular complexity index is 356. The van der Waals surface area contributed by atoms with Crippen molar-refractivity contribution in [3.8, 4) is 11.5 Å². The fourth-order valence-corrected chi connectivity index (χ4v) is 1.37. The van der Waals surface area contributed by atoms with Gasteiger partial charge in [0.25, 0.3) is 0 Å². The predicted octanol–water partition coefficient (Wildman–Crippen LogP) is 2.05. The van der Waals surface area contributed by atoms with E-state index in [0.717, 1.165) is 18.6 Å². The first-order valence-electron chi connectivity index (χ1n) is 5.09. The van der Waals surface area contributed by atoms with Crippen LogP contribution in [0.1, 0.15) is 12.8 Å². The van der Waals surface area contributed by atoms with E-state index in [0.29, 0.717) is 5.75 Å². The molecule has 0 radical (unpaired) electrons. The second-order valence-electron chi connectivity index (χ2n) is 3.71. The molecular formula is C12H14O3. The van der Waals surface area contributed by atoms with Gasteiger partial charge in [-0.1, -0.05) is 6.07 Å². The number of hydrogen-bond acceptors (Lipinski definition) is 3. The highest BCUT2D eigenvalue weighted by Crippen LogP contribution is 2.30. The zero-order chi connectivity index (χ0) is 10.7. The first-order valence-corrected chi connectivity index (χ1v) is 5.09. The van der Waals surface area contributed by atoms with Crippen LogP contribution in [0, 0.1) is 5.92 Å². The van der Waals surface area contributed by atoms with Crippen LogP contribution in [0.5, 0.6) is 11.5 Å². The molecule has 0 N–H and O–H groups in total. The molecule has 1 aliphatic carbocycles. The molecule has 3 nitrogen and oxygen atoms in total. The van der Waals surface area contributed by atoms with Crippen LogP contribution >= 0.6 is 0 Å². The van der Waals surface area contributed by atoms with Crippen LogP contribution in [0.3, 0.4) is 0 Å². The minimum Gasteiger partial charge on any atom is -0.497 e. The summed E-state index contributed by atoms with van der Waals surface area (Å²) in [6.07, 6.45) is 2.06. The average molecular weight is 206 g/mol. The van der Waals surface area contributed by atoms with Gasteiger partial charge in [0.05, 0.1) is 7.11 Å². The molecule has 0 aliphatic heterocycles. The topological polar surface area (TPSA) is 35.5 Å². The highest BCUT2D eigenvalue weighted by molar-refractivity contribution is 5.84. The van der Waals surface area contributed by atoms with Crippen molar-refractivity contribution < 1.29 is 14.3 Å². The Morgan fingerprint density at radius 3 is 2.80 bits per heavy atom. The maximum absolute atomic E-state index is 11.4. The summed E-state index contributed by atoms with van der Waals surface area (Å²) in [4.78, 5) is 11.4. The first-order chi connectivity index (χ1) is 7.29. The lowest BCUT2D eigenvalue weighted by atomic mass is 10.3. The van der Waals surface area contributed by atoms with Gasteiger partial charge in [-0.05, 0) is 25.0 Å². The van der Waals surface area contributed by atoms with E-state index in [9.17, 15) is 4.79 Å². The molecule has 1 aromatic carbocycles. The molecule has 1 aromatic rings. The van der Waals surface area contributed by atoms with E-state index in [4.69, 9.17) is 9.47 Å². The summed E-state index contributed by atoms with van der Waals surface area (Å²) in [6, 6.07) is 7.29. The van der Waals surface area contributed by atoms with E-state index in [1.54, 1.807) is 13.2 Å². The molecule has 0 saturated heterocycles. The number of benzene rings is 1. The SMILES string of the molecule is COc1cccc(OCC(=O)C2CC2)c1. The summed E-state index contributed by atoms with van der Waals surface area (Å²) in [5, 5.41) is 0. The van der Waals surface area contributed by atoms with Gasteiger partial charge in [-0.2, -0.15) is 0 Å². The van der Waals surface area contributed by atoms with Crippen molar-refractivity contribution >= 4 is 5.78 Å². The first kappa shape index (κ1) is 10.0. The summed E-state index contributed by atoms with van der Waals surface area (Å²) in [6.45, 7) is 0.178. The molecule has 0 atom stereocenters. The Labute approximate surface area is 89.0 Å². The van der Waals surface area contributed by atoms with Crippen molar-refractivity contribution in [2.75, 3.05) is 13.7 Å². The van der Waals surface area contributed by atoms with Crippen molar-refractivity contribution in [1.82, 2.24) is 0 Å². The number of hydrogen-bond donors (Lipinski definition) is 0. The lowest BCUT2D eigenvalue weighted by molar-refractivity contribution is -0.122. The third kappa shape index (κ3) is 2.72. The minimum atomic E-state index is 0.178. The molecule has 0 spiro atoms. The number of ether oxygens (including phenoxy) is 2. The highest BCUT2D eigenvalue weighted by atomic mass is 16.5. The quantitative estimate of drug-likeness (QED) is 0.739. The van der Waals surface area contributed by atoms with Gasteiger partial charge in [-0.25, -0.2) is 0 Å². The largest absolute Gasteiger partial charge is 0.497 e. The van der Waals surface area contributed by atoms with Crippen LogP contribution in [0.2, 0.25) is 0 Å². The second-order valence-corrected chi connectivity index (χ2v) is 3.71. The molecule has 0 heterocycles. The van der Waals surface area contributed by atoms with E-state index >= 15 is 0 Å². The Kier molecular flexibility index (Phi) is 2.90. The Morgan fingerprint density at radius 1 is 1.40 bits per heavy atom. The Morgan fingerprint density at radius 2 is 2.13 bits per heavy atom. The fourth-order valence-electron chi connectivity index (χ4n) is 1.37. The maximum Gasteiger partial charge on any atom is 0.173 e. The van der Waals surface area contributed by atoms with Gasteiger partial charge in [0, 0.05) is 12.0 Å². The van der Waals surface area contributed by atoms with Crippen LogP contribution in [0.15, 0.2) is 24.3 Å². The van der Waals surface area contributed by atoms with Gasteiger partial charge < -0.3 is 9.47 Å². The standard InChI is InChI=1S/C12H14O3/c1-14-10-3-2-4-11(7-10)15-8-12(13)9-5-6-9/h2-4,7,9H,5-6,8H2,1H3. The van der Waals surface area contributed by atoms with E-state index in [2.05, 4.69) is 0 Å². The minimum absolute atomic E-state index is 0.178. The zero-order valence-electron chi connectivity index (χ0n) is 8.73. The van der Waals surface area contributed by atoms with E-state index < -0.39 is 0 Å². The molecule has 1 saturated carbocycles. The normalized spacial score (nSPS) is 14.7. The van der Waals surface area contributed by atoms with Crippen LogP contribution in [0.25, 0.3) is 0 Å². The molecule has 0 amide bonds. The van der Waals surface area contributed by atoms with Gasteiger partial charge in [0.15, 0.2) is 5.78 Å². The second kappa shape index (κ2) is 4.34. The average Bonchev–Trinajstić information content (AvgIpc) is 3.10. The zero-order valence-corrected chi connectivity index (χ0v) is 8.73. The van der Waals surface area contributed by atoms with Crippen LogP contribution in [-0.2, 0) is 4.79 Å². The molecule has 1 aliphatic rings. The summed E-state index contributed by atoms with van der Waals surface area (Å²) >= 11 is 0. The van der Waals surface area contributed by atoms with E-state index in [1.807, 2.05) is 18.2 Å². The number of rotatable bonds is 5. The van der Waals surface area contributed by atoms with Gasteiger partial charge in [-0.15, -0.1) is 0 Å². The molecule has 0 bridgehead atoms. The fraction of sp³-hybridized carbons (Fsp3) is 0.417. The maximum atomic E-state index is 11.4. The van der Waals surface area contributed by atoms with Crippen molar-refractivity contribution in [1.29, 1.82) is 0 Å². The lowest BCUT2D eigenvalue weighted by Gasteiger charge is -2.06. The van der Waals surface area contributed by atoms with Crippen LogP contribution in [-0.4, -0.2) is 19.5 Å². The van der Waals surface area contributed by atoms with Gasteiger partial charge in [0.1, 0.15) is 18.1 Å². The smallest absolute Gasteiger partial charge is 0.173 e. The van der Waals surface area contributed by atoms with Crippen LogP contribution in [0.4, 0.5) is 0 Å². The third-order valence-electron chi connectivity index (χ3n) is 2.45. The van der Waals surface area contributed by atoms with Gasteiger partial charge in [0.2, 0.25) is 0 Å². The van der Waals surface area contributed by atoms with Crippen molar-refractivity contribution in [2.45, 2.75) is 12.8 Å². The summed E-state index contributed by atoms with van der Waals surface area (Å²) in [5.41, 5.74) is 0. The highest BCUT2D eigenvalue weighted by Gasteiger charge is 2.29. The third-order valence-corrected chi connectivity index (χ3v) is 2.45. The van der Waals surface area contributed by atoms with Crippen molar-refractivity contribution in [2.24, 2.45) is 5.92 Å². The number of carbonyl (C=O) groups is 1. The summed E-state index contributed by atoms with van der Waals surface area (Å²) < 4.78 is 10.4. The molecule has 2 rings (SSSR count). The lowest BCUT2D eigenvalue weighted by Crippen LogP contribution is -2.12. The summed E-state index contributed by atoms with van der Waals surface area (Å²) in [7, 11) is 1.61. The molecule has 0 unspecified atom stereocenters. The number of carbonyl (C=O) groups excluding carboxylic acids is 1. The number of methoxy groups -OCH3 is 1. The Balaban J connectivity index is 1.89. The summed E-state index contributed by atoms with van der Waals surface area (Å²) in [5.74, 6) is 1.89.